The summed E-state index contributed by atoms with van der Waals surface area (Å²) in [7, 11) is 0. The number of hydrogen-bond acceptors (Lipinski definition) is 9. The van der Waals surface area contributed by atoms with E-state index in [1.807, 2.05) is 37.3 Å². The number of unbranched alkanes of at least 4 members (excludes halogenated alkanes) is 1. The SMILES string of the molecule is CCCCOC(=O)N1CCN(C(=O)[C@H](CCC(=O)O)NC(=O)c2cc(N3C[C@@H]4C(CO)[C@@H]4C3)nc(-c3ccccc3)n2)CC1. The van der Waals surface area contributed by atoms with Crippen molar-refractivity contribution >= 4 is 29.7 Å². The number of fused-ring (bicyclic) bond motifs is 1. The fourth-order valence-corrected chi connectivity index (χ4v) is 6.02. The summed E-state index contributed by atoms with van der Waals surface area (Å²) < 4.78 is 5.27. The largest absolute Gasteiger partial charge is 0.481 e. The molecule has 0 spiro atoms. The molecule has 5 rings (SSSR count). The van der Waals surface area contributed by atoms with Gasteiger partial charge in [-0.05, 0) is 30.6 Å². The molecular formula is C31H40N6O7. The molecule has 1 aromatic carbocycles. The summed E-state index contributed by atoms with van der Waals surface area (Å²) >= 11 is 0. The second kappa shape index (κ2) is 14.0. The highest BCUT2D eigenvalue weighted by Crippen LogP contribution is 2.52. The van der Waals surface area contributed by atoms with E-state index >= 15 is 0 Å². The predicted octanol–water partition coefficient (Wildman–Crippen LogP) is 1.86. The Bertz CT molecular complexity index is 1340. The number of carbonyl (C=O) groups excluding carboxylic acids is 3. The molecule has 1 aliphatic carbocycles. The lowest BCUT2D eigenvalue weighted by molar-refractivity contribution is -0.138. The van der Waals surface area contributed by atoms with Crippen LogP contribution in [-0.2, 0) is 14.3 Å². The Balaban J connectivity index is 1.30. The van der Waals surface area contributed by atoms with Gasteiger partial charge in [-0.15, -0.1) is 0 Å². The number of benzene rings is 1. The van der Waals surface area contributed by atoms with Crippen molar-refractivity contribution in [3.63, 3.8) is 0 Å². The van der Waals surface area contributed by atoms with E-state index in [0.717, 1.165) is 31.5 Å². The van der Waals surface area contributed by atoms with Crippen molar-refractivity contribution in [2.75, 3.05) is 57.4 Å². The Labute approximate surface area is 256 Å². The number of aliphatic hydroxyl groups is 1. The topological polar surface area (TPSA) is 166 Å². The maximum atomic E-state index is 13.6. The number of aromatic nitrogens is 2. The molecule has 1 unspecified atom stereocenters. The average Bonchev–Trinajstić information content (AvgIpc) is 3.52. The first-order chi connectivity index (χ1) is 21.3. The van der Waals surface area contributed by atoms with Crippen molar-refractivity contribution < 1.29 is 34.1 Å². The number of aliphatic carboxylic acids is 1. The van der Waals surface area contributed by atoms with Gasteiger partial charge in [-0.2, -0.15) is 0 Å². The number of ether oxygens (including phenoxy) is 1. The zero-order valence-corrected chi connectivity index (χ0v) is 24.9. The van der Waals surface area contributed by atoms with Gasteiger partial charge in [-0.25, -0.2) is 14.8 Å². The Morgan fingerprint density at radius 3 is 2.34 bits per heavy atom. The van der Waals surface area contributed by atoms with Crippen molar-refractivity contribution in [1.29, 1.82) is 0 Å². The Morgan fingerprint density at radius 2 is 1.70 bits per heavy atom. The third-order valence-electron chi connectivity index (χ3n) is 8.71. The number of piperidine rings is 1. The molecule has 0 bridgehead atoms. The summed E-state index contributed by atoms with van der Waals surface area (Å²) in [4.78, 5) is 65.4. The number of amides is 3. The van der Waals surface area contributed by atoms with Gasteiger partial charge >= 0.3 is 12.1 Å². The summed E-state index contributed by atoms with van der Waals surface area (Å²) in [6.45, 7) is 5.00. The first-order valence-electron chi connectivity index (χ1n) is 15.3. The molecule has 44 heavy (non-hydrogen) atoms. The van der Waals surface area contributed by atoms with E-state index in [0.29, 0.717) is 36.0 Å². The van der Waals surface area contributed by atoms with Crippen LogP contribution < -0.4 is 10.2 Å². The first kappa shape index (κ1) is 31.2. The number of carboxylic acids is 1. The van der Waals surface area contributed by atoms with Gasteiger partial charge in [0.15, 0.2) is 5.82 Å². The highest BCUT2D eigenvalue weighted by atomic mass is 16.6. The van der Waals surface area contributed by atoms with Crippen molar-refractivity contribution in [2.24, 2.45) is 17.8 Å². The van der Waals surface area contributed by atoms with Gasteiger partial charge in [0.1, 0.15) is 17.6 Å². The van der Waals surface area contributed by atoms with E-state index in [1.54, 1.807) is 11.0 Å². The smallest absolute Gasteiger partial charge is 0.409 e. The average molecular weight is 609 g/mol. The van der Waals surface area contributed by atoms with Crippen molar-refractivity contribution in [2.45, 2.75) is 38.6 Å². The van der Waals surface area contributed by atoms with Gasteiger partial charge in [0.05, 0.1) is 6.61 Å². The minimum Gasteiger partial charge on any atom is -0.481 e. The predicted molar refractivity (Wildman–Crippen MR) is 160 cm³/mol. The second-order valence-corrected chi connectivity index (χ2v) is 11.6. The van der Waals surface area contributed by atoms with Crippen molar-refractivity contribution in [1.82, 2.24) is 25.1 Å². The quantitative estimate of drug-likeness (QED) is 0.303. The van der Waals surface area contributed by atoms with Crippen LogP contribution in [0.5, 0.6) is 0 Å². The lowest BCUT2D eigenvalue weighted by Gasteiger charge is -2.36. The van der Waals surface area contributed by atoms with Gasteiger partial charge in [-0.3, -0.25) is 14.4 Å². The highest BCUT2D eigenvalue weighted by molar-refractivity contribution is 5.97. The van der Waals surface area contributed by atoms with Crippen molar-refractivity contribution in [3.05, 3.63) is 42.1 Å². The van der Waals surface area contributed by atoms with Gasteiger partial charge < -0.3 is 35.0 Å². The Hall–Kier alpha value is -4.26. The number of aliphatic hydroxyl groups excluding tert-OH is 1. The molecule has 236 valence electrons. The van der Waals surface area contributed by atoms with Gasteiger partial charge in [0.25, 0.3) is 5.91 Å². The molecule has 3 amide bonds. The minimum absolute atomic E-state index is 0.0703. The Kier molecular flexibility index (Phi) is 9.93. The molecular weight excluding hydrogens is 568 g/mol. The fourth-order valence-electron chi connectivity index (χ4n) is 6.02. The van der Waals surface area contributed by atoms with Crippen LogP contribution >= 0.6 is 0 Å². The van der Waals surface area contributed by atoms with Gasteiger partial charge in [-0.1, -0.05) is 43.7 Å². The van der Waals surface area contributed by atoms with E-state index in [9.17, 15) is 29.4 Å². The van der Waals surface area contributed by atoms with Crippen LogP contribution in [0.2, 0.25) is 0 Å². The standard InChI is InChI=1S/C31H40N6O7/c1-2-3-15-44-31(43)36-13-11-35(12-14-36)30(42)24(9-10-27(39)40)33-29(41)25-16-26(37-17-21-22(18-37)23(21)19-38)34-28(32-25)20-7-5-4-6-8-20/h4-8,16,21-24,38H,2-3,9-15,17-19H2,1H3,(H,33,41)(H,39,40)/t21-,22+,23?,24-/m0/s1. The molecule has 3 N–H and O–H groups in total. The summed E-state index contributed by atoms with van der Waals surface area (Å²) in [5, 5.41) is 21.6. The number of piperazine rings is 1. The van der Waals surface area contributed by atoms with E-state index in [4.69, 9.17) is 9.72 Å². The molecule has 3 fully saturated rings. The number of carboxylic acid groups (broad SMARTS) is 1. The zero-order valence-electron chi connectivity index (χ0n) is 24.9. The normalized spacial score (nSPS) is 21.4. The Morgan fingerprint density at radius 1 is 1.02 bits per heavy atom. The maximum Gasteiger partial charge on any atom is 0.409 e. The molecule has 0 radical (unpaired) electrons. The molecule has 13 nitrogen and oxygen atoms in total. The number of nitrogens with zero attached hydrogens (tertiary/aromatic N) is 5. The number of carbonyl (C=O) groups is 4. The molecule has 1 aromatic heterocycles. The third-order valence-corrected chi connectivity index (χ3v) is 8.71. The van der Waals surface area contributed by atoms with Crippen LogP contribution in [0.25, 0.3) is 11.4 Å². The third kappa shape index (κ3) is 7.26. The zero-order chi connectivity index (χ0) is 31.2. The van der Waals surface area contributed by atoms with Crippen LogP contribution in [0.15, 0.2) is 36.4 Å². The first-order valence-corrected chi connectivity index (χ1v) is 15.3. The highest BCUT2D eigenvalue weighted by Gasteiger charge is 2.55. The molecule has 3 aliphatic rings. The number of rotatable bonds is 12. The van der Waals surface area contributed by atoms with Crippen molar-refractivity contribution in [3.8, 4) is 11.4 Å². The minimum atomic E-state index is -1.09. The molecule has 13 heteroatoms. The van der Waals surface area contributed by atoms with E-state index < -0.39 is 29.9 Å². The van der Waals surface area contributed by atoms with Crippen LogP contribution in [0.3, 0.4) is 0 Å². The van der Waals surface area contributed by atoms with Crippen LogP contribution in [0, 0.1) is 17.8 Å². The van der Waals surface area contributed by atoms with E-state index in [1.165, 1.54) is 4.90 Å². The molecule has 4 atom stereocenters. The molecule has 2 saturated heterocycles. The maximum absolute atomic E-state index is 13.6. The monoisotopic (exact) mass is 608 g/mol. The van der Waals surface area contributed by atoms with Crippen LogP contribution in [-0.4, -0.2) is 112 Å². The summed E-state index contributed by atoms with van der Waals surface area (Å²) in [6.07, 6.45) is 0.859. The lowest BCUT2D eigenvalue weighted by Crippen LogP contribution is -2.56. The summed E-state index contributed by atoms with van der Waals surface area (Å²) in [5.41, 5.74) is 0.798. The molecule has 3 heterocycles. The van der Waals surface area contributed by atoms with Gasteiger partial charge in [0, 0.05) is 63.9 Å². The number of hydrogen-bond donors (Lipinski definition) is 3. The second-order valence-electron chi connectivity index (χ2n) is 11.6. The molecule has 1 saturated carbocycles. The van der Waals surface area contributed by atoms with E-state index in [-0.39, 0.29) is 51.3 Å². The molecule has 2 aromatic rings. The molecule has 2 aliphatic heterocycles. The van der Waals surface area contributed by atoms with E-state index in [2.05, 4.69) is 15.2 Å². The van der Waals surface area contributed by atoms with Crippen LogP contribution in [0.4, 0.5) is 10.6 Å². The summed E-state index contributed by atoms with van der Waals surface area (Å²) in [6, 6.07) is 9.79. The number of nitrogens with one attached hydrogen (secondary N) is 1. The summed E-state index contributed by atoms with van der Waals surface area (Å²) in [5.74, 6) is -0.0596. The lowest BCUT2D eigenvalue weighted by atomic mass is 10.1. The number of anilines is 1. The van der Waals surface area contributed by atoms with Gasteiger partial charge in [0.2, 0.25) is 5.91 Å². The van der Waals surface area contributed by atoms with Crippen LogP contribution in [0.1, 0.15) is 43.1 Å². The fraction of sp³-hybridized carbons (Fsp3) is 0.548.